The number of esters is 1. The van der Waals surface area contributed by atoms with Crippen molar-refractivity contribution in [1.29, 1.82) is 0 Å². The molecule has 3 aromatic rings. The molecule has 1 saturated heterocycles. The zero-order valence-corrected chi connectivity index (χ0v) is 21.1. The zero-order valence-electron chi connectivity index (χ0n) is 20.3. The number of benzene rings is 2. The fraction of sp³-hybridized carbons (Fsp3) is 0.407. The van der Waals surface area contributed by atoms with Crippen LogP contribution in [-0.2, 0) is 16.1 Å². The van der Waals surface area contributed by atoms with Gasteiger partial charge in [0, 0.05) is 18.0 Å². The number of halogens is 1. The smallest absolute Gasteiger partial charge is 0.338 e. The number of unbranched alkanes of at least 4 members (excludes halogenated alkanes) is 2. The summed E-state index contributed by atoms with van der Waals surface area (Å²) in [6.45, 7) is 2.27. The lowest BCUT2D eigenvalue weighted by molar-refractivity contribution is -0.140. The lowest BCUT2D eigenvalue weighted by atomic mass is 9.89. The number of amides is 1. The molecule has 1 amide bonds. The van der Waals surface area contributed by atoms with Crippen LogP contribution >= 0.6 is 11.6 Å². The quantitative estimate of drug-likeness (QED) is 0.330. The van der Waals surface area contributed by atoms with Crippen molar-refractivity contribution in [3.63, 3.8) is 0 Å². The predicted molar refractivity (Wildman–Crippen MR) is 135 cm³/mol. The molecule has 1 aliphatic rings. The van der Waals surface area contributed by atoms with Gasteiger partial charge in [0.2, 0.25) is 5.91 Å². The van der Waals surface area contributed by atoms with Crippen LogP contribution in [-0.4, -0.2) is 49.5 Å². The van der Waals surface area contributed by atoms with Crippen molar-refractivity contribution in [2.45, 2.75) is 63.8 Å². The van der Waals surface area contributed by atoms with Crippen molar-refractivity contribution >= 4 is 23.5 Å². The van der Waals surface area contributed by atoms with E-state index in [0.717, 1.165) is 24.8 Å². The molecule has 0 saturated carbocycles. The monoisotopic (exact) mass is 510 g/mol. The van der Waals surface area contributed by atoms with Crippen molar-refractivity contribution in [2.24, 2.45) is 0 Å². The Balaban J connectivity index is 1.48. The van der Waals surface area contributed by atoms with E-state index >= 15 is 0 Å². The van der Waals surface area contributed by atoms with Crippen molar-refractivity contribution < 1.29 is 19.4 Å². The number of hydrogen-bond acceptors (Lipinski definition) is 6. The van der Waals surface area contributed by atoms with Gasteiger partial charge in [-0.1, -0.05) is 66.9 Å². The first-order valence-corrected chi connectivity index (χ1v) is 12.7. The summed E-state index contributed by atoms with van der Waals surface area (Å²) in [5.74, 6) is -0.407. The number of nitrogens with zero attached hydrogens (tertiary/aromatic N) is 4. The second kappa shape index (κ2) is 12.1. The van der Waals surface area contributed by atoms with Crippen LogP contribution < -0.4 is 0 Å². The highest BCUT2D eigenvalue weighted by Gasteiger charge is 2.39. The SMILES string of the molecule is CCCCCC(=O)N1C[C@@H](O)[C@H](n2cc(COC(=O)c3ccccc3)nn2)C[C@H]1c1ccc(Cl)cc1. The summed E-state index contributed by atoms with van der Waals surface area (Å²) in [5.41, 5.74) is 1.90. The van der Waals surface area contributed by atoms with Crippen LogP contribution in [0.15, 0.2) is 60.8 Å². The van der Waals surface area contributed by atoms with Crippen LogP contribution in [0.25, 0.3) is 0 Å². The van der Waals surface area contributed by atoms with Crippen molar-refractivity contribution in [3.05, 3.63) is 82.6 Å². The van der Waals surface area contributed by atoms with E-state index in [-0.39, 0.29) is 25.1 Å². The van der Waals surface area contributed by atoms with Gasteiger partial charge in [0.25, 0.3) is 0 Å². The van der Waals surface area contributed by atoms with Crippen LogP contribution in [0, 0.1) is 0 Å². The first kappa shape index (κ1) is 25.9. The summed E-state index contributed by atoms with van der Waals surface area (Å²) in [5, 5.41) is 20.0. The molecular weight excluding hydrogens is 480 g/mol. The average Bonchev–Trinajstić information content (AvgIpc) is 3.37. The first-order valence-electron chi connectivity index (χ1n) is 12.3. The van der Waals surface area contributed by atoms with Crippen molar-refractivity contribution in [2.75, 3.05) is 6.54 Å². The average molecular weight is 511 g/mol. The Morgan fingerprint density at radius 2 is 1.86 bits per heavy atom. The van der Waals surface area contributed by atoms with E-state index in [9.17, 15) is 14.7 Å². The molecule has 2 aromatic carbocycles. The lowest BCUT2D eigenvalue weighted by Crippen LogP contribution is -2.49. The molecule has 36 heavy (non-hydrogen) atoms. The van der Waals surface area contributed by atoms with E-state index in [4.69, 9.17) is 16.3 Å². The summed E-state index contributed by atoms with van der Waals surface area (Å²) < 4.78 is 6.97. The van der Waals surface area contributed by atoms with Gasteiger partial charge in [0.15, 0.2) is 0 Å². The number of rotatable bonds is 9. The van der Waals surface area contributed by atoms with Crippen LogP contribution in [0.3, 0.4) is 0 Å². The third kappa shape index (κ3) is 6.30. The summed E-state index contributed by atoms with van der Waals surface area (Å²) in [6, 6.07) is 15.6. The molecule has 1 aliphatic heterocycles. The molecule has 0 spiro atoms. The van der Waals surface area contributed by atoms with Gasteiger partial charge >= 0.3 is 5.97 Å². The second-order valence-electron chi connectivity index (χ2n) is 9.07. The molecule has 0 radical (unpaired) electrons. The second-order valence-corrected chi connectivity index (χ2v) is 9.51. The molecular formula is C27H31ClN4O4. The van der Waals surface area contributed by atoms with Crippen LogP contribution in [0.1, 0.15) is 72.7 Å². The van der Waals surface area contributed by atoms with E-state index in [2.05, 4.69) is 17.2 Å². The van der Waals surface area contributed by atoms with Crippen LogP contribution in [0.2, 0.25) is 5.02 Å². The normalized spacial score (nSPS) is 19.8. The molecule has 0 aliphatic carbocycles. The summed E-state index contributed by atoms with van der Waals surface area (Å²) in [7, 11) is 0. The van der Waals surface area contributed by atoms with Crippen molar-refractivity contribution in [3.8, 4) is 0 Å². The summed E-state index contributed by atoms with van der Waals surface area (Å²) >= 11 is 6.10. The maximum atomic E-state index is 13.1. The third-order valence-electron chi connectivity index (χ3n) is 6.50. The Hall–Kier alpha value is -3.23. The number of β-amino-alcohol motifs (C(OH)–C–C–N with tert-alkyl or cyclic N) is 1. The number of likely N-dealkylation sites (tertiary alicyclic amines) is 1. The Bertz CT molecular complexity index is 1150. The molecule has 0 bridgehead atoms. The number of hydrogen-bond donors (Lipinski definition) is 1. The molecule has 8 nitrogen and oxygen atoms in total. The molecule has 4 rings (SSSR count). The predicted octanol–water partition coefficient (Wildman–Crippen LogP) is 4.74. The maximum Gasteiger partial charge on any atom is 0.338 e. The molecule has 0 unspecified atom stereocenters. The lowest BCUT2D eigenvalue weighted by Gasteiger charge is -2.42. The first-order chi connectivity index (χ1) is 17.5. The molecule has 1 aromatic heterocycles. The van der Waals surface area contributed by atoms with Gasteiger partial charge in [0.1, 0.15) is 12.3 Å². The number of carbonyl (C=O) groups is 2. The number of ether oxygens (including phenoxy) is 1. The van der Waals surface area contributed by atoms with Gasteiger partial charge in [-0.3, -0.25) is 4.79 Å². The Labute approximate surface area is 215 Å². The van der Waals surface area contributed by atoms with E-state index in [1.807, 2.05) is 30.3 Å². The number of aromatic nitrogens is 3. The number of carbonyl (C=O) groups excluding carboxylic acids is 2. The molecule has 3 atom stereocenters. The maximum absolute atomic E-state index is 13.1. The standard InChI is InChI=1S/C27H31ClN4O4/c1-2-3-5-10-26(34)31-17-25(33)24(15-23(31)19-11-13-21(28)14-12-19)32-16-22(29-30-32)18-36-27(35)20-8-6-4-7-9-20/h4,6-9,11-14,16,23-25,33H,2-3,5,10,15,17-18H2,1H3/t23-,24+,25+/m0/s1. The Morgan fingerprint density at radius 1 is 1.11 bits per heavy atom. The van der Waals surface area contributed by atoms with Gasteiger partial charge in [-0.2, -0.15) is 0 Å². The summed E-state index contributed by atoms with van der Waals surface area (Å²) in [4.78, 5) is 27.1. The van der Waals surface area contributed by atoms with E-state index in [1.54, 1.807) is 40.0 Å². The molecule has 1 fully saturated rings. The van der Waals surface area contributed by atoms with Crippen LogP contribution in [0.5, 0.6) is 0 Å². The largest absolute Gasteiger partial charge is 0.455 e. The molecule has 190 valence electrons. The number of piperidine rings is 1. The number of aliphatic hydroxyl groups is 1. The third-order valence-corrected chi connectivity index (χ3v) is 6.75. The fourth-order valence-electron chi connectivity index (χ4n) is 4.53. The van der Waals surface area contributed by atoms with Gasteiger partial charge in [0.05, 0.1) is 29.9 Å². The topological polar surface area (TPSA) is 97.6 Å². The van der Waals surface area contributed by atoms with E-state index in [0.29, 0.717) is 29.1 Å². The minimum Gasteiger partial charge on any atom is -0.455 e. The Kier molecular flexibility index (Phi) is 8.72. The molecule has 2 heterocycles. The number of aliphatic hydroxyl groups excluding tert-OH is 1. The Morgan fingerprint density at radius 3 is 2.58 bits per heavy atom. The zero-order chi connectivity index (χ0) is 25.5. The molecule has 1 N–H and O–H groups in total. The van der Waals surface area contributed by atoms with Gasteiger partial charge in [-0.15, -0.1) is 5.10 Å². The van der Waals surface area contributed by atoms with Crippen molar-refractivity contribution in [1.82, 2.24) is 19.9 Å². The summed E-state index contributed by atoms with van der Waals surface area (Å²) in [6.07, 6.45) is 4.65. The fourth-order valence-corrected chi connectivity index (χ4v) is 4.66. The van der Waals surface area contributed by atoms with Gasteiger partial charge in [-0.05, 0) is 42.7 Å². The highest BCUT2D eigenvalue weighted by molar-refractivity contribution is 6.30. The van der Waals surface area contributed by atoms with Gasteiger partial charge < -0.3 is 14.7 Å². The van der Waals surface area contributed by atoms with E-state index in [1.165, 1.54) is 0 Å². The van der Waals surface area contributed by atoms with Crippen LogP contribution in [0.4, 0.5) is 0 Å². The highest BCUT2D eigenvalue weighted by Crippen LogP contribution is 2.37. The minimum atomic E-state index is -0.815. The van der Waals surface area contributed by atoms with Gasteiger partial charge in [-0.25, -0.2) is 9.48 Å². The minimum absolute atomic E-state index is 0.0286. The molecule has 9 heteroatoms. The highest BCUT2D eigenvalue weighted by atomic mass is 35.5. The van der Waals surface area contributed by atoms with E-state index < -0.39 is 18.1 Å².